The largest absolute Gasteiger partial charge is 0.593 e. The molecule has 0 aliphatic carbocycles. The van der Waals surface area contributed by atoms with E-state index in [1.807, 2.05) is 12.1 Å². The minimum atomic E-state index is 0.0546. The maximum absolute atomic E-state index is 12.7. The van der Waals surface area contributed by atoms with E-state index in [1.165, 1.54) is 11.1 Å². The van der Waals surface area contributed by atoms with Crippen molar-refractivity contribution in [1.82, 2.24) is 0 Å². The lowest BCUT2D eigenvalue weighted by Gasteiger charge is -2.28. The number of benzene rings is 1. The molecule has 0 aliphatic rings. The number of hydrogen-bond donors (Lipinski definition) is 0. The lowest BCUT2D eigenvalue weighted by atomic mass is 9.76. The van der Waals surface area contributed by atoms with Gasteiger partial charge in [0.05, 0.1) is 0 Å². The van der Waals surface area contributed by atoms with Crippen LogP contribution in [0, 0.1) is 0 Å². The molecule has 0 aliphatic heterocycles. The van der Waals surface area contributed by atoms with Gasteiger partial charge in [-0.05, 0) is 22.0 Å². The van der Waals surface area contributed by atoms with E-state index < -0.39 is 0 Å². The summed E-state index contributed by atoms with van der Waals surface area (Å²) in [5.74, 6) is 0. The van der Waals surface area contributed by atoms with Crippen molar-refractivity contribution >= 4 is 13.0 Å². The van der Waals surface area contributed by atoms with Gasteiger partial charge >= 0.3 is 0 Å². The van der Waals surface area contributed by atoms with Gasteiger partial charge in [0.1, 0.15) is 0 Å². The molecule has 2 heteroatoms. The van der Waals surface area contributed by atoms with Gasteiger partial charge in [-0.1, -0.05) is 67.3 Å². The molecule has 1 rings (SSSR count). The van der Waals surface area contributed by atoms with Crippen molar-refractivity contribution in [3.05, 3.63) is 29.3 Å². The minimum Gasteiger partial charge on any atom is -0.593 e. The molecule has 88 valence electrons. The molecule has 1 aromatic carbocycles. The fraction of sp³-hybridized carbons (Fsp3) is 0.571. The van der Waals surface area contributed by atoms with Crippen molar-refractivity contribution in [2.75, 3.05) is 0 Å². The summed E-state index contributed by atoms with van der Waals surface area (Å²) < 4.78 is 12.7. The summed E-state index contributed by atoms with van der Waals surface area (Å²) in [7, 11) is 0.685. The second kappa shape index (κ2) is 4.23. The molecule has 0 nitrogen and oxygen atoms in total. The summed E-state index contributed by atoms with van der Waals surface area (Å²) >= 11 is 0. The first-order chi connectivity index (χ1) is 7.14. The number of hydrogen-bond acceptors (Lipinski definition) is 0. The van der Waals surface area contributed by atoms with Gasteiger partial charge in [-0.3, -0.25) is 0 Å². The molecule has 0 saturated heterocycles. The third kappa shape index (κ3) is 3.10. The van der Waals surface area contributed by atoms with E-state index in [9.17, 15) is 4.32 Å². The Morgan fingerprint density at radius 3 is 1.44 bits per heavy atom. The number of halogens is 1. The quantitative estimate of drug-likeness (QED) is 0.634. The molecule has 16 heavy (non-hydrogen) atoms. The average molecular weight is 219 g/mol. The Hall–Kier alpha value is -0.785. The summed E-state index contributed by atoms with van der Waals surface area (Å²) in [6.07, 6.45) is 0. The zero-order chi connectivity index (χ0) is 12.6. The molecule has 0 bridgehead atoms. The lowest BCUT2D eigenvalue weighted by Crippen LogP contribution is -2.22. The van der Waals surface area contributed by atoms with Crippen LogP contribution >= 0.6 is 0 Å². The summed E-state index contributed by atoms with van der Waals surface area (Å²) in [6, 6.07) is 6.04. The highest BCUT2D eigenvalue weighted by Gasteiger charge is 2.18. The van der Waals surface area contributed by atoms with Crippen LogP contribution in [-0.4, -0.2) is 7.56 Å². The van der Waals surface area contributed by atoms with Crippen molar-refractivity contribution in [3.63, 3.8) is 0 Å². The van der Waals surface area contributed by atoms with E-state index >= 15 is 0 Å². The highest BCUT2D eigenvalue weighted by molar-refractivity contribution is 6.46. The Balaban J connectivity index is 3.33. The molecule has 2 radical (unpaired) electrons. The first kappa shape index (κ1) is 13.3. The fourth-order valence-electron chi connectivity index (χ4n) is 1.58. The fourth-order valence-corrected chi connectivity index (χ4v) is 1.58. The molecule has 0 amide bonds. The van der Waals surface area contributed by atoms with Gasteiger partial charge < -0.3 is 4.32 Å². The molecule has 0 fully saturated rings. The van der Waals surface area contributed by atoms with Crippen LogP contribution in [-0.2, 0) is 10.8 Å². The number of rotatable bonds is 1. The van der Waals surface area contributed by atoms with Gasteiger partial charge in [-0.25, -0.2) is 5.46 Å². The Kier molecular flexibility index (Phi) is 3.51. The highest BCUT2D eigenvalue weighted by Crippen LogP contribution is 2.27. The van der Waals surface area contributed by atoms with Crippen LogP contribution in [0.4, 0.5) is 4.32 Å². The minimum absolute atomic E-state index is 0.0546. The van der Waals surface area contributed by atoms with Crippen LogP contribution in [0.25, 0.3) is 0 Å². The van der Waals surface area contributed by atoms with Gasteiger partial charge in [0.2, 0.25) is 0 Å². The molecule has 0 N–H and O–H groups in total. The van der Waals surface area contributed by atoms with E-state index in [4.69, 9.17) is 0 Å². The van der Waals surface area contributed by atoms with Crippen molar-refractivity contribution in [1.29, 1.82) is 0 Å². The molecule has 0 saturated carbocycles. The van der Waals surface area contributed by atoms with Crippen LogP contribution < -0.4 is 5.46 Å². The first-order valence-electron chi connectivity index (χ1n) is 5.74. The molecule has 0 spiro atoms. The van der Waals surface area contributed by atoms with Gasteiger partial charge in [-0.2, -0.15) is 0 Å². The van der Waals surface area contributed by atoms with Crippen molar-refractivity contribution in [2.24, 2.45) is 0 Å². The van der Waals surface area contributed by atoms with Gasteiger partial charge in [0.15, 0.2) is 0 Å². The monoisotopic (exact) mass is 219 g/mol. The van der Waals surface area contributed by atoms with E-state index in [2.05, 4.69) is 47.6 Å². The smallest absolute Gasteiger partial charge is 0.0133 e. The third-order valence-corrected chi connectivity index (χ3v) is 2.81. The second-order valence-corrected chi connectivity index (χ2v) is 6.45. The van der Waals surface area contributed by atoms with E-state index in [1.54, 1.807) is 0 Å². The molecular weight excluding hydrogens is 198 g/mol. The zero-order valence-electron chi connectivity index (χ0n) is 11.2. The molecule has 1 aromatic rings. The third-order valence-electron chi connectivity index (χ3n) is 2.81. The predicted octanol–water partition coefficient (Wildman–Crippen LogP) is 3.50. The lowest BCUT2D eigenvalue weighted by molar-refractivity contribution is 0.569. The topological polar surface area (TPSA) is 0 Å². The van der Waals surface area contributed by atoms with Crippen molar-refractivity contribution in [2.45, 2.75) is 52.4 Å². The molecule has 0 aromatic heterocycles. The maximum Gasteiger partial charge on any atom is -0.0133 e. The van der Waals surface area contributed by atoms with E-state index in [0.717, 1.165) is 0 Å². The standard InChI is InChI=1S/C14H21BF/c1-13(2,3)10-7-11(14(4,5)6)9-12(8-10)15-16/h7-9H,1-6H3/q-1. The van der Waals surface area contributed by atoms with Crippen molar-refractivity contribution in [3.8, 4) is 0 Å². The van der Waals surface area contributed by atoms with Crippen molar-refractivity contribution < 1.29 is 4.32 Å². The summed E-state index contributed by atoms with van der Waals surface area (Å²) in [6.45, 7) is 12.9. The molecule has 0 atom stereocenters. The van der Waals surface area contributed by atoms with E-state index in [0.29, 0.717) is 13.0 Å². The molecule has 0 unspecified atom stereocenters. The van der Waals surface area contributed by atoms with Crippen LogP contribution in [0.15, 0.2) is 18.2 Å². The Bertz CT molecular complexity index is 337. The maximum atomic E-state index is 12.7. The Morgan fingerprint density at radius 1 is 0.812 bits per heavy atom. The summed E-state index contributed by atoms with van der Waals surface area (Å²) in [5, 5.41) is 0. The SMILES string of the molecule is CC(C)(C)c1cc([B-]F)cc(C(C)(C)C)c1. The normalized spacial score (nSPS) is 12.9. The highest BCUT2D eigenvalue weighted by atomic mass is 19.1. The molecule has 0 heterocycles. The summed E-state index contributed by atoms with van der Waals surface area (Å²) in [5.41, 5.74) is 3.14. The van der Waals surface area contributed by atoms with Crippen LogP contribution in [0.3, 0.4) is 0 Å². The Labute approximate surface area is 99.6 Å². The van der Waals surface area contributed by atoms with Gasteiger partial charge in [-0.15, -0.1) is 0 Å². The van der Waals surface area contributed by atoms with Gasteiger partial charge in [0, 0.05) is 0 Å². The summed E-state index contributed by atoms with van der Waals surface area (Å²) in [4.78, 5) is 0. The zero-order valence-corrected chi connectivity index (χ0v) is 11.2. The van der Waals surface area contributed by atoms with Crippen LogP contribution in [0.2, 0.25) is 0 Å². The molecular formula is C14H21BF-. The second-order valence-electron chi connectivity index (χ2n) is 6.45. The Morgan fingerprint density at radius 2 is 1.19 bits per heavy atom. The first-order valence-corrected chi connectivity index (χ1v) is 5.74. The van der Waals surface area contributed by atoms with Gasteiger partial charge in [0.25, 0.3) is 0 Å². The average Bonchev–Trinajstić information content (AvgIpc) is 2.14. The van der Waals surface area contributed by atoms with E-state index in [-0.39, 0.29) is 10.8 Å². The van der Waals surface area contributed by atoms with Crippen LogP contribution in [0.5, 0.6) is 0 Å². The van der Waals surface area contributed by atoms with Crippen LogP contribution in [0.1, 0.15) is 52.7 Å². The predicted molar refractivity (Wildman–Crippen MR) is 70.3 cm³/mol.